The molecule has 13 nitrogen and oxygen atoms in total. The number of aliphatic hydroxyl groups excluding tert-OH is 8. The van der Waals surface area contributed by atoms with Crippen LogP contribution in [0.3, 0.4) is 0 Å². The van der Waals surface area contributed by atoms with Gasteiger partial charge in [0.15, 0.2) is 18.9 Å². The van der Waals surface area contributed by atoms with Crippen molar-refractivity contribution in [1.82, 2.24) is 0 Å². The number of ether oxygens (including phenoxy) is 5. The summed E-state index contributed by atoms with van der Waals surface area (Å²) in [6.45, 7) is -0.887. The minimum atomic E-state index is -1.63. The molecule has 3 rings (SSSR count). The lowest BCUT2D eigenvalue weighted by molar-refractivity contribution is -0.346. The fraction of sp³-hybridized carbons (Fsp3) is 1.00. The van der Waals surface area contributed by atoms with Crippen LogP contribution in [0.25, 0.3) is 0 Å². The number of hydrogen-bond acceptors (Lipinski definition) is 13. The summed E-state index contributed by atoms with van der Waals surface area (Å²) in [5, 5.41) is 78.3. The summed E-state index contributed by atoms with van der Waals surface area (Å²) in [4.78, 5) is 0. The van der Waals surface area contributed by atoms with Gasteiger partial charge in [-0.25, -0.2) is 0 Å². The molecule has 28 heavy (non-hydrogen) atoms. The Hall–Kier alpha value is -0.520. The SMILES string of the molecule is O[C@@H]1[C@H](O[C@@H]2CO[C@@H](O)[C@@H](O)[C@H]2O)OC[C@H](O[C@H]2OC[C@H](O)[C@@H](O)[C@H]2O)[C@H]1O. The lowest BCUT2D eigenvalue weighted by atomic mass is 10.0. The maximum absolute atomic E-state index is 10.3. The Balaban J connectivity index is 1.54. The quantitative estimate of drug-likeness (QED) is 0.216. The second kappa shape index (κ2) is 9.09. The van der Waals surface area contributed by atoms with Gasteiger partial charge in [-0.1, -0.05) is 0 Å². The third-order valence-corrected chi connectivity index (χ3v) is 4.96. The Morgan fingerprint density at radius 1 is 0.500 bits per heavy atom. The van der Waals surface area contributed by atoms with Gasteiger partial charge in [-0.05, 0) is 0 Å². The van der Waals surface area contributed by atoms with Crippen molar-refractivity contribution in [2.75, 3.05) is 19.8 Å². The molecule has 0 radical (unpaired) electrons. The average Bonchev–Trinajstić information content (AvgIpc) is 2.68. The van der Waals surface area contributed by atoms with Crippen LogP contribution >= 0.6 is 0 Å². The Morgan fingerprint density at radius 3 is 1.57 bits per heavy atom. The molecule has 8 N–H and O–H groups in total. The molecule has 0 aromatic rings. The molecule has 12 atom stereocenters. The largest absolute Gasteiger partial charge is 0.388 e. The molecule has 0 saturated carbocycles. The fourth-order valence-electron chi connectivity index (χ4n) is 3.15. The summed E-state index contributed by atoms with van der Waals surface area (Å²) in [5.74, 6) is 0. The summed E-state index contributed by atoms with van der Waals surface area (Å²) < 4.78 is 25.9. The molecule has 3 aliphatic heterocycles. The van der Waals surface area contributed by atoms with Crippen molar-refractivity contribution in [2.24, 2.45) is 0 Å². The Labute approximate surface area is 159 Å². The monoisotopic (exact) mass is 414 g/mol. The lowest BCUT2D eigenvalue weighted by Crippen LogP contribution is -2.61. The van der Waals surface area contributed by atoms with Crippen molar-refractivity contribution >= 4 is 0 Å². The van der Waals surface area contributed by atoms with Crippen LogP contribution in [0.4, 0.5) is 0 Å². The first-order valence-electron chi connectivity index (χ1n) is 8.81. The Morgan fingerprint density at radius 2 is 0.964 bits per heavy atom. The second-order valence-electron chi connectivity index (χ2n) is 6.99. The lowest BCUT2D eigenvalue weighted by Gasteiger charge is -2.43. The van der Waals surface area contributed by atoms with Crippen LogP contribution in [0.1, 0.15) is 0 Å². The van der Waals surface area contributed by atoms with E-state index in [1.165, 1.54) is 0 Å². The highest BCUT2D eigenvalue weighted by atomic mass is 16.7. The topological polar surface area (TPSA) is 208 Å². The average molecular weight is 414 g/mol. The summed E-state index contributed by atoms with van der Waals surface area (Å²) in [5.41, 5.74) is 0. The molecular formula is C15H26O13. The Bertz CT molecular complexity index is 464. The van der Waals surface area contributed by atoms with Crippen molar-refractivity contribution in [2.45, 2.75) is 73.8 Å². The van der Waals surface area contributed by atoms with E-state index in [4.69, 9.17) is 23.7 Å². The summed E-state index contributed by atoms with van der Waals surface area (Å²) in [6.07, 6.45) is -17.3. The zero-order chi connectivity index (χ0) is 20.6. The van der Waals surface area contributed by atoms with E-state index in [1.807, 2.05) is 0 Å². The molecule has 3 aliphatic rings. The van der Waals surface area contributed by atoms with Crippen LogP contribution in [0.5, 0.6) is 0 Å². The minimum absolute atomic E-state index is 0.287. The van der Waals surface area contributed by atoms with Gasteiger partial charge in [0.2, 0.25) is 0 Å². The molecule has 0 amide bonds. The van der Waals surface area contributed by atoms with Gasteiger partial charge in [-0.3, -0.25) is 0 Å². The molecule has 3 saturated heterocycles. The summed E-state index contributed by atoms with van der Waals surface area (Å²) in [6, 6.07) is 0. The molecule has 0 aliphatic carbocycles. The van der Waals surface area contributed by atoms with Crippen molar-refractivity contribution in [3.63, 3.8) is 0 Å². The third-order valence-electron chi connectivity index (χ3n) is 4.96. The van der Waals surface area contributed by atoms with E-state index in [9.17, 15) is 40.9 Å². The van der Waals surface area contributed by atoms with Crippen molar-refractivity contribution in [1.29, 1.82) is 0 Å². The summed E-state index contributed by atoms with van der Waals surface area (Å²) in [7, 11) is 0. The Kier molecular flexibility index (Phi) is 7.20. The van der Waals surface area contributed by atoms with Crippen LogP contribution in [-0.4, -0.2) is 134 Å². The van der Waals surface area contributed by atoms with E-state index in [0.717, 1.165) is 0 Å². The first kappa shape index (κ1) is 22.2. The van der Waals surface area contributed by atoms with Crippen LogP contribution in [0.15, 0.2) is 0 Å². The molecular weight excluding hydrogens is 388 g/mol. The molecule has 13 heteroatoms. The van der Waals surface area contributed by atoms with Crippen molar-refractivity contribution in [3.05, 3.63) is 0 Å². The van der Waals surface area contributed by atoms with Gasteiger partial charge < -0.3 is 64.5 Å². The molecule has 3 fully saturated rings. The van der Waals surface area contributed by atoms with Gasteiger partial charge in [0, 0.05) is 0 Å². The third kappa shape index (κ3) is 4.46. The maximum atomic E-state index is 10.3. The zero-order valence-electron chi connectivity index (χ0n) is 14.7. The van der Waals surface area contributed by atoms with E-state index in [1.54, 1.807) is 0 Å². The minimum Gasteiger partial charge on any atom is -0.388 e. The number of hydrogen-bond donors (Lipinski definition) is 8. The summed E-state index contributed by atoms with van der Waals surface area (Å²) >= 11 is 0. The van der Waals surface area contributed by atoms with Gasteiger partial charge in [-0.2, -0.15) is 0 Å². The maximum Gasteiger partial charge on any atom is 0.186 e. The highest BCUT2D eigenvalue weighted by molar-refractivity contribution is 4.89. The smallest absolute Gasteiger partial charge is 0.186 e. The highest BCUT2D eigenvalue weighted by Gasteiger charge is 2.47. The van der Waals surface area contributed by atoms with Crippen molar-refractivity contribution in [3.8, 4) is 0 Å². The highest BCUT2D eigenvalue weighted by Crippen LogP contribution is 2.26. The molecule has 0 unspecified atom stereocenters. The standard InChI is InChI=1S/C15H26O13/c16-4-1-25-14(11(21)7(4)17)28-6-3-26-15(12(22)9(6)19)27-5-2-24-13(23)10(20)8(5)18/h4-23H,1-3H2/t4-,5+,6-,7+,8-,9+,10-,11+,12-,13+,14+,15-/m0/s1. The predicted molar refractivity (Wildman–Crippen MR) is 83.2 cm³/mol. The van der Waals surface area contributed by atoms with Crippen LogP contribution in [0.2, 0.25) is 0 Å². The van der Waals surface area contributed by atoms with E-state index < -0.39 is 73.8 Å². The van der Waals surface area contributed by atoms with Gasteiger partial charge in [0.05, 0.1) is 19.8 Å². The van der Waals surface area contributed by atoms with Crippen LogP contribution < -0.4 is 0 Å². The second-order valence-corrected chi connectivity index (χ2v) is 6.99. The zero-order valence-corrected chi connectivity index (χ0v) is 14.7. The molecule has 3 heterocycles. The van der Waals surface area contributed by atoms with Gasteiger partial charge >= 0.3 is 0 Å². The van der Waals surface area contributed by atoms with Gasteiger partial charge in [-0.15, -0.1) is 0 Å². The first-order chi connectivity index (χ1) is 13.2. The molecule has 0 aromatic carbocycles. The van der Waals surface area contributed by atoms with E-state index in [-0.39, 0.29) is 19.8 Å². The molecule has 0 spiro atoms. The van der Waals surface area contributed by atoms with E-state index in [2.05, 4.69) is 0 Å². The van der Waals surface area contributed by atoms with Crippen LogP contribution in [-0.2, 0) is 23.7 Å². The van der Waals surface area contributed by atoms with E-state index >= 15 is 0 Å². The first-order valence-corrected chi connectivity index (χ1v) is 8.81. The number of rotatable bonds is 4. The molecule has 0 aromatic heterocycles. The molecule has 164 valence electrons. The molecule has 0 bridgehead atoms. The van der Waals surface area contributed by atoms with Gasteiger partial charge in [0.25, 0.3) is 0 Å². The van der Waals surface area contributed by atoms with Crippen LogP contribution in [0, 0.1) is 0 Å². The number of aliphatic hydroxyl groups is 8. The fourth-order valence-corrected chi connectivity index (χ4v) is 3.15. The normalized spacial score (nSPS) is 53.1. The van der Waals surface area contributed by atoms with Crippen molar-refractivity contribution < 1.29 is 64.5 Å². The van der Waals surface area contributed by atoms with E-state index in [0.29, 0.717) is 0 Å². The van der Waals surface area contributed by atoms with Gasteiger partial charge in [0.1, 0.15) is 54.9 Å². The predicted octanol–water partition coefficient (Wildman–Crippen LogP) is -5.66.